The highest BCUT2D eigenvalue weighted by Gasteiger charge is 2.58. The number of aromatic nitrogens is 3. The van der Waals surface area contributed by atoms with E-state index in [0.717, 1.165) is 31.4 Å². The maximum absolute atomic E-state index is 13.6. The maximum Gasteiger partial charge on any atom is 0.295 e. The minimum absolute atomic E-state index is 0.0304. The summed E-state index contributed by atoms with van der Waals surface area (Å²) in [5.41, 5.74) is 4.80. The van der Waals surface area contributed by atoms with Gasteiger partial charge in [-0.2, -0.15) is 4.98 Å². The summed E-state index contributed by atoms with van der Waals surface area (Å²) in [5, 5.41) is 15.4. The fraction of sp³-hybridized carbons (Fsp3) is 0.448. The van der Waals surface area contributed by atoms with Crippen LogP contribution in [0.2, 0.25) is 0 Å². The molecule has 2 N–H and O–H groups in total. The molecule has 9 rings (SSSR count). The van der Waals surface area contributed by atoms with E-state index in [1.165, 1.54) is 36.1 Å². The van der Waals surface area contributed by atoms with Gasteiger partial charge in [-0.3, -0.25) is 0 Å². The molecule has 4 aromatic rings. The average molecular weight is 485 g/mol. The van der Waals surface area contributed by atoms with Crippen molar-refractivity contribution in [3.05, 3.63) is 66.4 Å². The lowest BCUT2D eigenvalue weighted by atomic mass is 9.46. The Morgan fingerprint density at radius 3 is 2.83 bits per heavy atom. The molecule has 0 saturated heterocycles. The third-order valence-electron chi connectivity index (χ3n) is 9.71. The Hall–Kier alpha value is -3.19. The van der Waals surface area contributed by atoms with E-state index in [9.17, 15) is 9.50 Å². The molecule has 7 heteroatoms. The predicted octanol–water partition coefficient (Wildman–Crippen LogP) is 5.79. The van der Waals surface area contributed by atoms with Gasteiger partial charge in [0.05, 0.1) is 30.4 Å². The molecular formula is C29H29FN4O2. The first-order valence-electron chi connectivity index (χ1n) is 13.2. The van der Waals surface area contributed by atoms with Crippen LogP contribution in [0.3, 0.4) is 0 Å². The van der Waals surface area contributed by atoms with E-state index < -0.39 is 0 Å². The second-order valence-corrected chi connectivity index (χ2v) is 11.7. The number of hydrogen-bond acceptors (Lipinski definition) is 5. The second-order valence-electron chi connectivity index (χ2n) is 11.7. The lowest BCUT2D eigenvalue weighted by molar-refractivity contribution is -0.129. The van der Waals surface area contributed by atoms with E-state index in [1.807, 2.05) is 12.5 Å². The fourth-order valence-electron chi connectivity index (χ4n) is 8.47. The Balaban J connectivity index is 1.05. The predicted molar refractivity (Wildman–Crippen MR) is 134 cm³/mol. The van der Waals surface area contributed by atoms with Crippen molar-refractivity contribution >= 4 is 17.1 Å². The van der Waals surface area contributed by atoms with E-state index in [2.05, 4.69) is 44.1 Å². The van der Waals surface area contributed by atoms with Crippen molar-refractivity contribution in [3.8, 4) is 11.3 Å². The normalized spacial score (nSPS) is 32.6. The van der Waals surface area contributed by atoms with Crippen LogP contribution in [0.25, 0.3) is 22.4 Å². The van der Waals surface area contributed by atoms with E-state index in [4.69, 9.17) is 4.42 Å². The second kappa shape index (κ2) is 7.42. The van der Waals surface area contributed by atoms with Crippen molar-refractivity contribution in [2.45, 2.75) is 56.7 Å². The number of benzene rings is 2. The highest BCUT2D eigenvalue weighted by Crippen LogP contribution is 2.62. The van der Waals surface area contributed by atoms with Gasteiger partial charge in [-0.1, -0.05) is 24.3 Å². The zero-order valence-electron chi connectivity index (χ0n) is 20.0. The molecule has 4 aliphatic carbocycles. The number of hydrogen-bond donors (Lipinski definition) is 2. The zero-order chi connectivity index (χ0) is 24.0. The molecule has 184 valence electrons. The van der Waals surface area contributed by atoms with Crippen molar-refractivity contribution in [3.63, 3.8) is 0 Å². The summed E-state index contributed by atoms with van der Waals surface area (Å²) in [4.78, 5) is 8.96. The SMILES string of the molecule is OC(CC1c2ccccc2-c2cncn21)C12CC3CC(C1)C(Nc1nc4ccc(F)cc4o1)C(C3)C2. The van der Waals surface area contributed by atoms with Gasteiger partial charge in [0.25, 0.3) is 6.01 Å². The lowest BCUT2D eigenvalue weighted by Crippen LogP contribution is -2.59. The lowest BCUT2D eigenvalue weighted by Gasteiger charge is -2.61. The minimum atomic E-state index is -0.356. The van der Waals surface area contributed by atoms with Crippen LogP contribution >= 0.6 is 0 Å². The third kappa shape index (κ3) is 2.98. The van der Waals surface area contributed by atoms with Gasteiger partial charge in [-0.15, -0.1) is 0 Å². The molecule has 3 heterocycles. The van der Waals surface area contributed by atoms with Crippen LogP contribution in [0.15, 0.2) is 59.4 Å². The van der Waals surface area contributed by atoms with Crippen molar-refractivity contribution in [1.82, 2.24) is 14.5 Å². The van der Waals surface area contributed by atoms with Gasteiger partial charge in [0, 0.05) is 17.7 Å². The molecular weight excluding hydrogens is 455 g/mol. The number of anilines is 1. The fourth-order valence-corrected chi connectivity index (χ4v) is 8.47. The van der Waals surface area contributed by atoms with Crippen molar-refractivity contribution in [2.75, 3.05) is 5.32 Å². The molecule has 36 heavy (non-hydrogen) atoms. The first kappa shape index (κ1) is 20.9. The summed E-state index contributed by atoms with van der Waals surface area (Å²) < 4.78 is 21.7. The number of fused-ring (bicyclic) bond motifs is 4. The van der Waals surface area contributed by atoms with Crippen LogP contribution in [0.4, 0.5) is 10.4 Å². The number of nitrogens with one attached hydrogen (secondary N) is 1. The molecule has 2 aromatic heterocycles. The molecule has 4 bridgehead atoms. The monoisotopic (exact) mass is 484 g/mol. The number of rotatable bonds is 5. The van der Waals surface area contributed by atoms with Gasteiger partial charge in [0.1, 0.15) is 11.3 Å². The highest BCUT2D eigenvalue weighted by atomic mass is 19.1. The summed E-state index contributed by atoms with van der Waals surface area (Å²) in [6.45, 7) is 0. The molecule has 2 aromatic carbocycles. The van der Waals surface area contributed by atoms with Gasteiger partial charge in [0.15, 0.2) is 5.58 Å². The van der Waals surface area contributed by atoms with Crippen LogP contribution in [-0.2, 0) is 0 Å². The van der Waals surface area contributed by atoms with Gasteiger partial charge in [-0.05, 0) is 79.4 Å². The van der Waals surface area contributed by atoms with Gasteiger partial charge >= 0.3 is 0 Å². The topological polar surface area (TPSA) is 76.1 Å². The number of oxazole rings is 1. The number of nitrogens with zero attached hydrogens (tertiary/aromatic N) is 3. The molecule has 4 saturated carbocycles. The molecule has 0 radical (unpaired) electrons. The van der Waals surface area contributed by atoms with Crippen LogP contribution in [0.5, 0.6) is 0 Å². The maximum atomic E-state index is 13.6. The third-order valence-corrected chi connectivity index (χ3v) is 9.71. The van der Waals surface area contributed by atoms with E-state index in [1.54, 1.807) is 6.07 Å². The summed E-state index contributed by atoms with van der Waals surface area (Å²) in [6.07, 6.45) is 9.78. The molecule has 0 amide bonds. The molecule has 4 fully saturated rings. The van der Waals surface area contributed by atoms with Crippen molar-refractivity contribution < 1.29 is 13.9 Å². The van der Waals surface area contributed by atoms with Crippen LogP contribution in [0, 0.1) is 29.0 Å². The molecule has 6 nitrogen and oxygen atoms in total. The Kier molecular flexibility index (Phi) is 4.32. The minimum Gasteiger partial charge on any atom is -0.423 e. The molecule has 4 atom stereocenters. The number of aliphatic hydroxyl groups is 1. The average Bonchev–Trinajstić information content (AvgIpc) is 3.56. The van der Waals surface area contributed by atoms with E-state index in [-0.39, 0.29) is 29.4 Å². The smallest absolute Gasteiger partial charge is 0.295 e. The molecule has 4 unspecified atom stereocenters. The number of imidazole rings is 1. The summed E-state index contributed by atoms with van der Waals surface area (Å²) in [6, 6.07) is 13.9. The van der Waals surface area contributed by atoms with Crippen molar-refractivity contribution in [2.24, 2.45) is 23.2 Å². The van der Waals surface area contributed by atoms with Crippen molar-refractivity contribution in [1.29, 1.82) is 0 Å². The molecule has 0 spiro atoms. The van der Waals surface area contributed by atoms with Crippen LogP contribution in [0.1, 0.15) is 50.1 Å². The van der Waals surface area contributed by atoms with E-state index >= 15 is 0 Å². The number of halogens is 1. The number of aliphatic hydroxyl groups excluding tert-OH is 1. The Morgan fingerprint density at radius 1 is 1.14 bits per heavy atom. The highest BCUT2D eigenvalue weighted by molar-refractivity contribution is 5.74. The van der Waals surface area contributed by atoms with E-state index in [0.29, 0.717) is 34.9 Å². The Bertz CT molecular complexity index is 1460. The molecule has 5 aliphatic rings. The molecule has 1 aliphatic heterocycles. The zero-order valence-corrected chi connectivity index (χ0v) is 20.0. The van der Waals surface area contributed by atoms with Crippen LogP contribution in [-0.4, -0.2) is 31.8 Å². The standard InChI is InChI=1S/C29H29FN4O2/c30-19-5-6-22-25(9-19)36-28(32-22)33-27-17-7-16-8-18(27)13-29(11-16,12-17)26(35)10-23-20-3-1-2-4-21(20)24-14-31-15-34(23)24/h1-6,9,14-18,23,26-27,35H,7-8,10-13H2,(H,32,33). The first-order chi connectivity index (χ1) is 17.6. The summed E-state index contributed by atoms with van der Waals surface area (Å²) in [5.74, 6) is 1.32. The van der Waals surface area contributed by atoms with Gasteiger partial charge in [0.2, 0.25) is 0 Å². The van der Waals surface area contributed by atoms with Crippen LogP contribution < -0.4 is 5.32 Å². The summed E-state index contributed by atoms with van der Waals surface area (Å²) in [7, 11) is 0. The van der Waals surface area contributed by atoms with Gasteiger partial charge in [-0.25, -0.2) is 9.37 Å². The summed E-state index contributed by atoms with van der Waals surface area (Å²) >= 11 is 0. The quantitative estimate of drug-likeness (QED) is 0.375. The Morgan fingerprint density at radius 2 is 1.97 bits per heavy atom. The first-order valence-corrected chi connectivity index (χ1v) is 13.2. The largest absolute Gasteiger partial charge is 0.423 e. The van der Waals surface area contributed by atoms with Gasteiger partial charge < -0.3 is 19.4 Å². The Labute approximate surface area is 208 Å².